The second-order valence-corrected chi connectivity index (χ2v) is 7.56. The van der Waals surface area contributed by atoms with Gasteiger partial charge in [-0.15, -0.1) is 0 Å². The van der Waals surface area contributed by atoms with Crippen molar-refractivity contribution in [3.05, 3.63) is 22.4 Å². The average molecular weight is 280 g/mol. The summed E-state index contributed by atoms with van der Waals surface area (Å²) in [5.41, 5.74) is 1.94. The lowest BCUT2D eigenvalue weighted by Gasteiger charge is -2.27. The molecule has 1 N–H and O–H groups in total. The maximum absolute atomic E-state index is 3.57. The van der Waals surface area contributed by atoms with Crippen molar-refractivity contribution in [1.82, 2.24) is 10.2 Å². The molecule has 1 aromatic heterocycles. The number of hydrogen-bond acceptors (Lipinski definition) is 3. The van der Waals surface area contributed by atoms with Crippen molar-refractivity contribution >= 4 is 11.3 Å². The van der Waals surface area contributed by atoms with Crippen molar-refractivity contribution in [2.24, 2.45) is 11.3 Å². The van der Waals surface area contributed by atoms with E-state index in [9.17, 15) is 0 Å². The van der Waals surface area contributed by atoms with E-state index in [1.165, 1.54) is 31.6 Å². The Morgan fingerprint density at radius 3 is 2.84 bits per heavy atom. The SMILES string of the molecule is CC(C)(C)C1CCN(CCNCCc2ccsc2)C1. The Balaban J connectivity index is 1.55. The molecule has 108 valence electrons. The van der Waals surface area contributed by atoms with Crippen LogP contribution in [0.1, 0.15) is 32.8 Å². The van der Waals surface area contributed by atoms with E-state index in [1.54, 1.807) is 11.3 Å². The predicted molar refractivity (Wildman–Crippen MR) is 84.9 cm³/mol. The molecule has 1 aliphatic heterocycles. The molecule has 0 bridgehead atoms. The molecule has 1 aromatic rings. The van der Waals surface area contributed by atoms with Crippen LogP contribution in [-0.4, -0.2) is 37.6 Å². The standard InChI is InChI=1S/C16H28N2S/c1-16(2,3)15-5-9-18(12-15)10-8-17-7-4-14-6-11-19-13-14/h6,11,13,15,17H,4-5,7-10,12H2,1-3H3. The van der Waals surface area contributed by atoms with Gasteiger partial charge in [0.2, 0.25) is 0 Å². The Morgan fingerprint density at radius 2 is 2.21 bits per heavy atom. The van der Waals surface area contributed by atoms with Crippen LogP contribution in [-0.2, 0) is 6.42 Å². The van der Waals surface area contributed by atoms with Crippen LogP contribution < -0.4 is 5.32 Å². The Morgan fingerprint density at radius 1 is 1.37 bits per heavy atom. The number of likely N-dealkylation sites (tertiary alicyclic amines) is 1. The zero-order chi connectivity index (χ0) is 13.7. The summed E-state index contributed by atoms with van der Waals surface area (Å²) in [5, 5.41) is 7.97. The van der Waals surface area contributed by atoms with Gasteiger partial charge in [0.25, 0.3) is 0 Å². The average Bonchev–Trinajstić information content (AvgIpc) is 2.97. The van der Waals surface area contributed by atoms with E-state index in [0.29, 0.717) is 5.41 Å². The fraction of sp³-hybridized carbons (Fsp3) is 0.750. The molecular formula is C16H28N2S. The van der Waals surface area contributed by atoms with Crippen LogP contribution in [0, 0.1) is 11.3 Å². The molecule has 1 unspecified atom stereocenters. The Labute approximate surface area is 122 Å². The number of nitrogens with one attached hydrogen (secondary N) is 1. The second-order valence-electron chi connectivity index (χ2n) is 6.78. The summed E-state index contributed by atoms with van der Waals surface area (Å²) < 4.78 is 0. The van der Waals surface area contributed by atoms with Gasteiger partial charge in [-0.1, -0.05) is 20.8 Å². The van der Waals surface area contributed by atoms with Crippen LogP contribution in [0.4, 0.5) is 0 Å². The van der Waals surface area contributed by atoms with Gasteiger partial charge in [0.1, 0.15) is 0 Å². The lowest BCUT2D eigenvalue weighted by molar-refractivity contribution is 0.229. The van der Waals surface area contributed by atoms with Crippen LogP contribution >= 0.6 is 11.3 Å². The molecule has 0 aliphatic carbocycles. The van der Waals surface area contributed by atoms with Crippen molar-refractivity contribution in [2.45, 2.75) is 33.6 Å². The van der Waals surface area contributed by atoms with Crippen LogP contribution in [0.25, 0.3) is 0 Å². The summed E-state index contributed by atoms with van der Waals surface area (Å²) in [6, 6.07) is 2.22. The van der Waals surface area contributed by atoms with Gasteiger partial charge < -0.3 is 10.2 Å². The van der Waals surface area contributed by atoms with Crippen LogP contribution in [0.3, 0.4) is 0 Å². The molecule has 1 atom stereocenters. The minimum absolute atomic E-state index is 0.473. The maximum atomic E-state index is 3.57. The predicted octanol–water partition coefficient (Wildman–Crippen LogP) is 3.25. The van der Waals surface area contributed by atoms with E-state index in [0.717, 1.165) is 25.4 Å². The molecule has 0 amide bonds. The molecule has 2 rings (SSSR count). The summed E-state index contributed by atoms with van der Waals surface area (Å²) in [7, 11) is 0. The van der Waals surface area contributed by atoms with E-state index in [4.69, 9.17) is 0 Å². The van der Waals surface area contributed by atoms with Crippen molar-refractivity contribution in [3.63, 3.8) is 0 Å². The summed E-state index contributed by atoms with van der Waals surface area (Å²) in [5.74, 6) is 0.873. The molecule has 0 saturated carbocycles. The fourth-order valence-corrected chi connectivity index (χ4v) is 3.48. The highest BCUT2D eigenvalue weighted by atomic mass is 32.1. The zero-order valence-corrected chi connectivity index (χ0v) is 13.4. The normalized spacial score (nSPS) is 21.1. The van der Waals surface area contributed by atoms with E-state index in [-0.39, 0.29) is 0 Å². The third-order valence-corrected chi connectivity index (χ3v) is 5.00. The van der Waals surface area contributed by atoms with Gasteiger partial charge in [-0.3, -0.25) is 0 Å². The first-order valence-electron chi connectivity index (χ1n) is 7.50. The first kappa shape index (κ1) is 15.0. The van der Waals surface area contributed by atoms with Gasteiger partial charge >= 0.3 is 0 Å². The Hall–Kier alpha value is -0.380. The minimum atomic E-state index is 0.473. The Bertz CT molecular complexity index is 353. The van der Waals surface area contributed by atoms with Crippen LogP contribution in [0.15, 0.2) is 16.8 Å². The van der Waals surface area contributed by atoms with Crippen LogP contribution in [0.2, 0.25) is 0 Å². The maximum Gasteiger partial charge on any atom is 0.0107 e. The number of rotatable bonds is 6. The zero-order valence-electron chi connectivity index (χ0n) is 12.6. The molecule has 19 heavy (non-hydrogen) atoms. The van der Waals surface area contributed by atoms with Gasteiger partial charge in [-0.2, -0.15) is 11.3 Å². The van der Waals surface area contributed by atoms with Gasteiger partial charge in [0.05, 0.1) is 0 Å². The fourth-order valence-electron chi connectivity index (χ4n) is 2.77. The highest BCUT2D eigenvalue weighted by molar-refractivity contribution is 7.07. The summed E-state index contributed by atoms with van der Waals surface area (Å²) >= 11 is 1.79. The minimum Gasteiger partial charge on any atom is -0.315 e. The van der Waals surface area contributed by atoms with Gasteiger partial charge in [-0.05, 0) is 59.7 Å². The van der Waals surface area contributed by atoms with Gasteiger partial charge in [0.15, 0.2) is 0 Å². The lowest BCUT2D eigenvalue weighted by atomic mass is 9.80. The Kier molecular flexibility index (Phi) is 5.43. The highest BCUT2D eigenvalue weighted by Gasteiger charge is 2.31. The molecule has 3 heteroatoms. The molecule has 2 heterocycles. The van der Waals surface area contributed by atoms with Gasteiger partial charge in [0, 0.05) is 19.6 Å². The van der Waals surface area contributed by atoms with E-state index in [2.05, 4.69) is 47.8 Å². The molecule has 0 spiro atoms. The topological polar surface area (TPSA) is 15.3 Å². The van der Waals surface area contributed by atoms with Crippen molar-refractivity contribution in [2.75, 3.05) is 32.7 Å². The lowest BCUT2D eigenvalue weighted by Crippen LogP contribution is -2.32. The van der Waals surface area contributed by atoms with Crippen molar-refractivity contribution < 1.29 is 0 Å². The number of thiophene rings is 1. The first-order chi connectivity index (χ1) is 9.05. The summed E-state index contributed by atoms with van der Waals surface area (Å²) in [6.45, 7) is 13.1. The van der Waals surface area contributed by atoms with E-state index in [1.807, 2.05) is 0 Å². The number of nitrogens with zero attached hydrogens (tertiary/aromatic N) is 1. The van der Waals surface area contributed by atoms with E-state index >= 15 is 0 Å². The van der Waals surface area contributed by atoms with Crippen molar-refractivity contribution in [1.29, 1.82) is 0 Å². The van der Waals surface area contributed by atoms with Crippen molar-refractivity contribution in [3.8, 4) is 0 Å². The molecule has 1 saturated heterocycles. The van der Waals surface area contributed by atoms with Crippen LogP contribution in [0.5, 0.6) is 0 Å². The molecule has 2 nitrogen and oxygen atoms in total. The monoisotopic (exact) mass is 280 g/mol. The van der Waals surface area contributed by atoms with Gasteiger partial charge in [-0.25, -0.2) is 0 Å². The number of hydrogen-bond donors (Lipinski definition) is 1. The molecule has 0 radical (unpaired) electrons. The smallest absolute Gasteiger partial charge is 0.0107 e. The molecular weight excluding hydrogens is 252 g/mol. The molecule has 1 fully saturated rings. The third-order valence-electron chi connectivity index (χ3n) is 4.27. The highest BCUT2D eigenvalue weighted by Crippen LogP contribution is 2.33. The third kappa shape index (κ3) is 4.90. The largest absolute Gasteiger partial charge is 0.315 e. The summed E-state index contributed by atoms with van der Waals surface area (Å²) in [4.78, 5) is 2.62. The first-order valence-corrected chi connectivity index (χ1v) is 8.44. The summed E-state index contributed by atoms with van der Waals surface area (Å²) in [6.07, 6.45) is 2.53. The second kappa shape index (κ2) is 6.87. The quantitative estimate of drug-likeness (QED) is 0.805. The molecule has 0 aromatic carbocycles. The van der Waals surface area contributed by atoms with E-state index < -0.39 is 0 Å². The molecule has 1 aliphatic rings.